The average Bonchev–Trinajstić information content (AvgIpc) is 3.37. The molecule has 2 atom stereocenters. The van der Waals surface area contributed by atoms with Gasteiger partial charge in [0.05, 0.1) is 25.4 Å². The lowest BCUT2D eigenvalue weighted by Crippen LogP contribution is -2.45. The third-order valence-corrected chi connectivity index (χ3v) is 15.0. The van der Waals surface area contributed by atoms with E-state index in [2.05, 4.69) is 43.5 Å². The number of hydrogen-bond acceptors (Lipinski definition) is 5. The van der Waals surface area contributed by atoms with E-state index in [9.17, 15) is 19.8 Å². The molecule has 0 aliphatic carbocycles. The van der Waals surface area contributed by atoms with Crippen LogP contribution in [0.15, 0.2) is 24.3 Å². The van der Waals surface area contributed by atoms with Crippen LogP contribution in [-0.2, 0) is 14.3 Å². The fraction of sp³-hybridized carbons (Fsp3) is 0.908. The molecular weight excluding hydrogens is 875 g/mol. The molecule has 0 aromatic heterocycles. The van der Waals surface area contributed by atoms with E-state index in [1.165, 1.54) is 244 Å². The molecule has 420 valence electrons. The largest absolute Gasteiger partial charge is 0.466 e. The summed E-state index contributed by atoms with van der Waals surface area (Å²) in [5.41, 5.74) is 0. The summed E-state index contributed by atoms with van der Waals surface area (Å²) in [6.45, 7) is 4.93. The Morgan fingerprint density at radius 1 is 0.394 bits per heavy atom. The first-order valence-corrected chi connectivity index (χ1v) is 32.1. The molecule has 0 radical (unpaired) electrons. The number of aliphatic hydroxyl groups excluding tert-OH is 2. The van der Waals surface area contributed by atoms with E-state index in [0.717, 1.165) is 77.0 Å². The van der Waals surface area contributed by atoms with Crippen molar-refractivity contribution in [3.8, 4) is 0 Å². The van der Waals surface area contributed by atoms with E-state index >= 15 is 0 Å². The zero-order valence-corrected chi connectivity index (χ0v) is 48.0. The van der Waals surface area contributed by atoms with Crippen LogP contribution in [0.4, 0.5) is 0 Å². The molecule has 3 N–H and O–H groups in total. The second kappa shape index (κ2) is 60.9. The monoisotopic (exact) mass is 1000 g/mol. The number of carbonyl (C=O) groups is 2. The number of ether oxygens (including phenoxy) is 1. The van der Waals surface area contributed by atoms with E-state index in [0.29, 0.717) is 25.9 Å². The summed E-state index contributed by atoms with van der Waals surface area (Å²) in [5.74, 6) is -0.0712. The molecule has 0 aromatic rings. The van der Waals surface area contributed by atoms with Crippen molar-refractivity contribution in [1.29, 1.82) is 0 Å². The van der Waals surface area contributed by atoms with Gasteiger partial charge in [-0.2, -0.15) is 0 Å². The Kier molecular flexibility index (Phi) is 59.5. The molecule has 0 aliphatic heterocycles. The number of allylic oxidation sites excluding steroid dienone is 4. The number of rotatable bonds is 60. The van der Waals surface area contributed by atoms with Gasteiger partial charge in [-0.1, -0.05) is 308 Å². The maximum absolute atomic E-state index is 12.5. The summed E-state index contributed by atoms with van der Waals surface area (Å²) < 4.78 is 5.46. The molecule has 0 saturated heterocycles. The number of hydrogen-bond donors (Lipinski definition) is 3. The first kappa shape index (κ1) is 69.3. The van der Waals surface area contributed by atoms with Crippen molar-refractivity contribution in [2.75, 3.05) is 13.2 Å². The molecule has 6 nitrogen and oxygen atoms in total. The Balaban J connectivity index is 3.49. The average molecular weight is 1000 g/mol. The summed E-state index contributed by atoms with van der Waals surface area (Å²) in [6, 6.07) is -0.559. The first-order chi connectivity index (χ1) is 35.0. The van der Waals surface area contributed by atoms with Gasteiger partial charge in [-0.15, -0.1) is 0 Å². The van der Waals surface area contributed by atoms with Gasteiger partial charge in [-0.05, 0) is 57.8 Å². The summed E-state index contributed by atoms with van der Waals surface area (Å²) in [5, 5.41) is 23.4. The fourth-order valence-corrected chi connectivity index (χ4v) is 10.1. The number of aliphatic hydroxyl groups is 2. The van der Waals surface area contributed by atoms with Crippen LogP contribution in [-0.4, -0.2) is 47.4 Å². The molecule has 6 heteroatoms. The van der Waals surface area contributed by atoms with E-state index in [4.69, 9.17) is 4.74 Å². The Morgan fingerprint density at radius 3 is 1.04 bits per heavy atom. The predicted molar refractivity (Wildman–Crippen MR) is 310 cm³/mol. The third-order valence-electron chi connectivity index (χ3n) is 15.0. The SMILES string of the molecule is CCCCCCCCCCCCCCCCCCCCCCCCCCC(O)C(CO)NC(=O)CCCCCCCC/C=C\C=C/CCCCCOC(=O)CCCCCCCCCCCCCCCCC. The minimum absolute atomic E-state index is 0.0178. The second-order valence-corrected chi connectivity index (χ2v) is 22.1. The van der Waals surface area contributed by atoms with Crippen LogP contribution in [0, 0.1) is 0 Å². The summed E-state index contributed by atoms with van der Waals surface area (Å²) in [6.07, 6.45) is 74.8. The molecule has 0 aliphatic rings. The standard InChI is InChI=1S/C65H125NO5/c1-3-5-7-9-11-13-15-17-19-20-21-22-23-24-25-26-27-30-33-37-41-45-49-53-57-63(68)62(61-67)66-64(69)58-54-50-46-42-38-34-31-28-32-36-40-44-48-52-56-60-71-65(70)59-55-51-47-43-39-35-29-18-16-14-12-10-8-6-4-2/h28,32,36,40,62-63,67-68H,3-27,29-31,33-35,37-39,41-61H2,1-2H3,(H,66,69)/b32-28-,40-36-. The van der Waals surface area contributed by atoms with Gasteiger partial charge in [-0.3, -0.25) is 9.59 Å². The molecule has 0 saturated carbocycles. The number of amides is 1. The molecule has 0 rings (SSSR count). The van der Waals surface area contributed by atoms with Gasteiger partial charge in [0.2, 0.25) is 5.91 Å². The zero-order valence-electron chi connectivity index (χ0n) is 48.0. The van der Waals surface area contributed by atoms with E-state index in [1.54, 1.807) is 0 Å². The minimum atomic E-state index is -0.680. The predicted octanol–water partition coefficient (Wildman–Crippen LogP) is 20.2. The fourth-order valence-electron chi connectivity index (χ4n) is 10.1. The van der Waals surface area contributed by atoms with Crippen molar-refractivity contribution in [2.24, 2.45) is 0 Å². The van der Waals surface area contributed by atoms with Crippen molar-refractivity contribution in [3.63, 3.8) is 0 Å². The maximum Gasteiger partial charge on any atom is 0.305 e. The van der Waals surface area contributed by atoms with Crippen molar-refractivity contribution in [3.05, 3.63) is 24.3 Å². The van der Waals surface area contributed by atoms with Crippen molar-refractivity contribution < 1.29 is 24.5 Å². The molecular formula is C65H125NO5. The van der Waals surface area contributed by atoms with Crippen LogP contribution in [0.3, 0.4) is 0 Å². The highest BCUT2D eigenvalue weighted by molar-refractivity contribution is 5.76. The molecule has 2 unspecified atom stereocenters. The van der Waals surface area contributed by atoms with Gasteiger partial charge in [-0.25, -0.2) is 0 Å². The number of nitrogens with one attached hydrogen (secondary N) is 1. The second-order valence-electron chi connectivity index (χ2n) is 22.1. The van der Waals surface area contributed by atoms with Crippen molar-refractivity contribution >= 4 is 11.9 Å². The van der Waals surface area contributed by atoms with E-state index in [1.807, 2.05) is 0 Å². The Bertz CT molecular complexity index is 1110. The van der Waals surface area contributed by atoms with Crippen molar-refractivity contribution in [1.82, 2.24) is 5.32 Å². The third kappa shape index (κ3) is 57.5. The molecule has 71 heavy (non-hydrogen) atoms. The van der Waals surface area contributed by atoms with Gasteiger partial charge in [0.1, 0.15) is 0 Å². The number of esters is 1. The highest BCUT2D eigenvalue weighted by Gasteiger charge is 2.20. The molecule has 0 aromatic carbocycles. The van der Waals surface area contributed by atoms with Gasteiger partial charge in [0.25, 0.3) is 0 Å². The quantitative estimate of drug-likeness (QED) is 0.0320. The molecule has 0 fully saturated rings. The van der Waals surface area contributed by atoms with Crippen LogP contribution in [0.1, 0.15) is 354 Å². The van der Waals surface area contributed by atoms with Gasteiger partial charge >= 0.3 is 5.97 Å². The summed E-state index contributed by atoms with van der Waals surface area (Å²) in [4.78, 5) is 24.6. The summed E-state index contributed by atoms with van der Waals surface area (Å²) in [7, 11) is 0. The summed E-state index contributed by atoms with van der Waals surface area (Å²) >= 11 is 0. The van der Waals surface area contributed by atoms with E-state index < -0.39 is 12.1 Å². The van der Waals surface area contributed by atoms with Crippen LogP contribution >= 0.6 is 0 Å². The highest BCUT2D eigenvalue weighted by atomic mass is 16.5. The van der Waals surface area contributed by atoms with Gasteiger partial charge < -0.3 is 20.3 Å². The Labute approximate surface area is 443 Å². The molecule has 0 heterocycles. The smallest absolute Gasteiger partial charge is 0.305 e. The Morgan fingerprint density at radius 2 is 0.690 bits per heavy atom. The normalized spacial score (nSPS) is 12.7. The Hall–Kier alpha value is -1.66. The van der Waals surface area contributed by atoms with Crippen LogP contribution < -0.4 is 5.32 Å². The van der Waals surface area contributed by atoms with E-state index in [-0.39, 0.29) is 18.5 Å². The van der Waals surface area contributed by atoms with Gasteiger partial charge in [0, 0.05) is 12.8 Å². The van der Waals surface area contributed by atoms with Crippen LogP contribution in [0.2, 0.25) is 0 Å². The number of carbonyl (C=O) groups excluding carboxylic acids is 2. The molecule has 0 bridgehead atoms. The van der Waals surface area contributed by atoms with Crippen molar-refractivity contribution in [2.45, 2.75) is 366 Å². The molecule has 0 spiro atoms. The highest BCUT2D eigenvalue weighted by Crippen LogP contribution is 2.18. The maximum atomic E-state index is 12.5. The van der Waals surface area contributed by atoms with Gasteiger partial charge in [0.15, 0.2) is 0 Å². The first-order valence-electron chi connectivity index (χ1n) is 32.1. The zero-order chi connectivity index (χ0) is 51.4. The number of unbranched alkanes of at least 4 members (excludes halogenated alkanes) is 46. The van der Waals surface area contributed by atoms with Crippen LogP contribution in [0.25, 0.3) is 0 Å². The lowest BCUT2D eigenvalue weighted by atomic mass is 10.0. The lowest BCUT2D eigenvalue weighted by Gasteiger charge is -2.22. The van der Waals surface area contributed by atoms with Crippen LogP contribution in [0.5, 0.6) is 0 Å². The minimum Gasteiger partial charge on any atom is -0.466 e. The topological polar surface area (TPSA) is 95.9 Å². The lowest BCUT2D eigenvalue weighted by molar-refractivity contribution is -0.143. The molecule has 1 amide bonds.